The lowest BCUT2D eigenvalue weighted by Crippen LogP contribution is -2.19. The van der Waals surface area contributed by atoms with Gasteiger partial charge in [0.15, 0.2) is 12.8 Å². The number of aryl methyl sites for hydroxylation is 2. The molecule has 1 aliphatic rings. The molecule has 0 amide bonds. The molecule has 3 aromatic rings. The zero-order valence-corrected chi connectivity index (χ0v) is 13.6. The minimum atomic E-state index is 0.779. The Hall–Kier alpha value is -2.06. The molecule has 110 valence electrons. The molecule has 4 rings (SSSR count). The van der Waals surface area contributed by atoms with Crippen LogP contribution < -0.4 is 0 Å². The third kappa shape index (κ3) is 2.06. The van der Waals surface area contributed by atoms with E-state index in [1.807, 2.05) is 12.1 Å². The van der Waals surface area contributed by atoms with Gasteiger partial charge in [0.2, 0.25) is 5.69 Å². The first kappa shape index (κ1) is 13.6. The van der Waals surface area contributed by atoms with E-state index in [4.69, 9.17) is 11.6 Å². The predicted molar refractivity (Wildman–Crippen MR) is 92.8 cm³/mol. The molecular weight excluding hydrogens is 292 g/mol. The van der Waals surface area contributed by atoms with Gasteiger partial charge in [-0.1, -0.05) is 23.2 Å². The number of hydrogen-bond acceptors (Lipinski definition) is 0. The summed E-state index contributed by atoms with van der Waals surface area (Å²) < 4.78 is 4.61. The largest absolute Gasteiger partial charge is 0.339 e. The number of hydrogen-bond donors (Lipinski definition) is 0. The second-order valence-electron chi connectivity index (χ2n) is 5.99. The second kappa shape index (κ2) is 4.99. The molecule has 22 heavy (non-hydrogen) atoms. The van der Waals surface area contributed by atoms with E-state index in [1.165, 1.54) is 33.4 Å². The van der Waals surface area contributed by atoms with Crippen molar-refractivity contribution in [3.05, 3.63) is 64.3 Å². The number of fused-ring (bicyclic) bond motifs is 3. The van der Waals surface area contributed by atoms with Crippen LogP contribution in [0.2, 0.25) is 5.02 Å². The Bertz CT molecular complexity index is 901. The highest BCUT2D eigenvalue weighted by Gasteiger charge is 2.23. The molecule has 0 unspecified atom stereocenters. The van der Waals surface area contributed by atoms with Crippen molar-refractivity contribution in [2.45, 2.75) is 13.3 Å². The summed E-state index contributed by atoms with van der Waals surface area (Å²) in [6.45, 7) is 3.16. The first-order chi connectivity index (χ1) is 10.6. The number of nitrogens with zero attached hydrogens (tertiary/aromatic N) is 2. The van der Waals surface area contributed by atoms with Gasteiger partial charge in [-0.15, -0.1) is 0 Å². The lowest BCUT2D eigenvalue weighted by atomic mass is 10.0. The Morgan fingerprint density at radius 2 is 1.86 bits per heavy atom. The van der Waals surface area contributed by atoms with Gasteiger partial charge in [-0.3, -0.25) is 0 Å². The van der Waals surface area contributed by atoms with Crippen LogP contribution in [0.5, 0.6) is 0 Å². The van der Waals surface area contributed by atoms with Gasteiger partial charge in [-0.05, 0) is 36.8 Å². The van der Waals surface area contributed by atoms with Crippen LogP contribution in [0.1, 0.15) is 16.8 Å². The van der Waals surface area contributed by atoms with E-state index in [-0.39, 0.29) is 0 Å². The minimum Gasteiger partial charge on any atom is -0.339 e. The van der Waals surface area contributed by atoms with Crippen LogP contribution in [0.15, 0.2) is 42.5 Å². The molecule has 0 N–H and O–H groups in total. The van der Waals surface area contributed by atoms with Crippen molar-refractivity contribution >= 4 is 34.4 Å². The molecule has 2 heterocycles. The van der Waals surface area contributed by atoms with Crippen molar-refractivity contribution in [1.82, 2.24) is 4.57 Å². The Morgan fingerprint density at radius 1 is 1.09 bits per heavy atom. The van der Waals surface area contributed by atoms with Crippen molar-refractivity contribution < 1.29 is 4.58 Å². The summed E-state index contributed by atoms with van der Waals surface area (Å²) in [4.78, 5) is 0. The fourth-order valence-corrected chi connectivity index (χ4v) is 3.49. The molecule has 0 spiro atoms. The maximum absolute atomic E-state index is 5.99. The van der Waals surface area contributed by atoms with Crippen molar-refractivity contribution in [2.75, 3.05) is 6.54 Å². The molecule has 0 radical (unpaired) electrons. The van der Waals surface area contributed by atoms with Gasteiger partial charge < -0.3 is 4.57 Å². The molecule has 2 aromatic carbocycles. The van der Waals surface area contributed by atoms with E-state index in [0.29, 0.717) is 0 Å². The summed E-state index contributed by atoms with van der Waals surface area (Å²) in [5, 5.41) is 2.17. The van der Waals surface area contributed by atoms with E-state index in [0.717, 1.165) is 18.0 Å². The quantitative estimate of drug-likeness (QED) is 0.586. The Balaban J connectivity index is 1.89. The fraction of sp³-hybridized carbons (Fsp3) is 0.211. The van der Waals surface area contributed by atoms with Gasteiger partial charge in [0.1, 0.15) is 5.69 Å². The average Bonchev–Trinajstić information content (AvgIpc) is 2.80. The van der Waals surface area contributed by atoms with Crippen LogP contribution in [0.4, 0.5) is 5.69 Å². The summed E-state index contributed by atoms with van der Waals surface area (Å²) in [5.41, 5.74) is 6.59. The predicted octanol–water partition coefficient (Wildman–Crippen LogP) is 4.46. The van der Waals surface area contributed by atoms with Gasteiger partial charge in [0, 0.05) is 41.5 Å². The van der Waals surface area contributed by atoms with E-state index in [9.17, 15) is 0 Å². The summed E-state index contributed by atoms with van der Waals surface area (Å²) >= 11 is 5.99. The molecule has 1 aliphatic heterocycles. The summed E-state index contributed by atoms with van der Waals surface area (Å²) in [6, 6.07) is 14.8. The highest BCUT2D eigenvalue weighted by atomic mass is 35.5. The Kier molecular flexibility index (Phi) is 3.08. The number of benzene rings is 2. The molecule has 2 nitrogen and oxygen atoms in total. The van der Waals surface area contributed by atoms with E-state index < -0.39 is 0 Å². The van der Waals surface area contributed by atoms with Crippen molar-refractivity contribution in [3.8, 4) is 0 Å². The molecule has 0 atom stereocenters. The van der Waals surface area contributed by atoms with Crippen molar-refractivity contribution in [1.29, 1.82) is 0 Å². The number of rotatable bonds is 1. The van der Waals surface area contributed by atoms with E-state index in [1.54, 1.807) is 0 Å². The van der Waals surface area contributed by atoms with Crippen LogP contribution >= 0.6 is 11.6 Å². The molecule has 0 bridgehead atoms. The maximum Gasteiger partial charge on any atom is 0.205 e. The standard InChI is InChI=1S/C19H18ClN2/c1-13-3-8-18-17(11-13)16-9-10-22(12-19(16)21(18)2)15-6-4-14(20)5-7-15/h3-8,11-12H,9-10H2,1-2H3/q+1. The molecule has 1 aromatic heterocycles. The fourth-order valence-electron chi connectivity index (χ4n) is 3.36. The lowest BCUT2D eigenvalue weighted by molar-refractivity contribution is -0.436. The van der Waals surface area contributed by atoms with Crippen LogP contribution in [-0.2, 0) is 13.5 Å². The molecule has 3 heteroatoms. The highest BCUT2D eigenvalue weighted by molar-refractivity contribution is 6.30. The number of halogens is 1. The molecular formula is C19H18ClN2+. The number of aromatic nitrogens is 1. The molecule has 0 saturated heterocycles. The SMILES string of the molecule is Cc1ccc2c(c1)c1c(n2C)C=[N+](c2ccc(Cl)cc2)CC1. The lowest BCUT2D eigenvalue weighted by Gasteiger charge is -2.10. The van der Waals surface area contributed by atoms with Crippen LogP contribution in [0.3, 0.4) is 0 Å². The summed E-state index contributed by atoms with van der Waals surface area (Å²) in [7, 11) is 2.15. The van der Waals surface area contributed by atoms with E-state index in [2.05, 4.69) is 59.7 Å². The molecule has 0 aliphatic carbocycles. The maximum atomic E-state index is 5.99. The van der Waals surface area contributed by atoms with Crippen molar-refractivity contribution in [3.63, 3.8) is 0 Å². The van der Waals surface area contributed by atoms with Gasteiger partial charge in [0.25, 0.3) is 0 Å². The topological polar surface area (TPSA) is 7.94 Å². The third-order valence-corrected chi connectivity index (χ3v) is 4.80. The average molecular weight is 310 g/mol. The van der Waals surface area contributed by atoms with Crippen LogP contribution in [-0.4, -0.2) is 21.9 Å². The van der Waals surface area contributed by atoms with E-state index >= 15 is 0 Å². The Morgan fingerprint density at radius 3 is 2.64 bits per heavy atom. The molecule has 0 fully saturated rings. The minimum absolute atomic E-state index is 0.779. The van der Waals surface area contributed by atoms with Gasteiger partial charge in [-0.25, -0.2) is 0 Å². The van der Waals surface area contributed by atoms with Gasteiger partial charge >= 0.3 is 0 Å². The van der Waals surface area contributed by atoms with Crippen LogP contribution in [0.25, 0.3) is 10.9 Å². The highest BCUT2D eigenvalue weighted by Crippen LogP contribution is 2.29. The summed E-state index contributed by atoms with van der Waals surface area (Å²) in [5.74, 6) is 0. The second-order valence-corrected chi connectivity index (χ2v) is 6.43. The zero-order valence-electron chi connectivity index (χ0n) is 12.8. The van der Waals surface area contributed by atoms with Crippen LogP contribution in [0, 0.1) is 6.92 Å². The zero-order chi connectivity index (χ0) is 15.3. The van der Waals surface area contributed by atoms with Gasteiger partial charge in [-0.2, -0.15) is 4.58 Å². The van der Waals surface area contributed by atoms with Gasteiger partial charge in [0.05, 0.1) is 0 Å². The normalized spacial score (nSPS) is 14.0. The monoisotopic (exact) mass is 309 g/mol. The smallest absolute Gasteiger partial charge is 0.205 e. The first-order valence-corrected chi connectivity index (χ1v) is 7.96. The summed E-state index contributed by atoms with van der Waals surface area (Å²) in [6.07, 6.45) is 3.33. The molecule has 0 saturated carbocycles. The first-order valence-electron chi connectivity index (χ1n) is 7.58. The van der Waals surface area contributed by atoms with Crippen molar-refractivity contribution in [2.24, 2.45) is 7.05 Å². The Labute approximate surface area is 135 Å². The third-order valence-electron chi connectivity index (χ3n) is 4.55.